The average Bonchev–Trinajstić information content (AvgIpc) is 2.83. The number of imide groups is 1. The molecular weight excluding hydrogens is 342 g/mol. The maximum Gasteiger partial charge on any atom is 0.298 e. The molecule has 122 valence electrons. The Hall–Kier alpha value is -2.04. The van der Waals surface area contributed by atoms with E-state index in [9.17, 15) is 9.59 Å². The maximum absolute atomic E-state index is 12.6. The molecule has 0 aromatic heterocycles. The van der Waals surface area contributed by atoms with Gasteiger partial charge < -0.3 is 0 Å². The molecule has 2 aromatic carbocycles. The molecule has 1 aliphatic heterocycles. The van der Waals surface area contributed by atoms with E-state index < -0.39 is 0 Å². The molecule has 0 unspecified atom stereocenters. The molecule has 24 heavy (non-hydrogen) atoms. The molecule has 1 fully saturated rings. The summed E-state index contributed by atoms with van der Waals surface area (Å²) in [6, 6.07) is 14.7. The Morgan fingerprint density at radius 1 is 1.00 bits per heavy atom. The maximum atomic E-state index is 12.6. The summed E-state index contributed by atoms with van der Waals surface area (Å²) in [5.74, 6) is 0.149. The first kappa shape index (κ1) is 16.8. The van der Waals surface area contributed by atoms with Gasteiger partial charge in [0.2, 0.25) is 0 Å². The minimum absolute atomic E-state index is 0.299. The molecule has 0 radical (unpaired) electrons. The zero-order chi connectivity index (χ0) is 17.3. The van der Waals surface area contributed by atoms with Crippen LogP contribution in [-0.4, -0.2) is 11.1 Å². The molecule has 3 rings (SSSR count). The molecule has 0 saturated carbocycles. The number of hydrogen-bond donors (Lipinski definition) is 0. The predicted molar refractivity (Wildman–Crippen MR) is 100 cm³/mol. The summed E-state index contributed by atoms with van der Waals surface area (Å²) < 4.78 is 0. The van der Waals surface area contributed by atoms with Gasteiger partial charge in [-0.2, -0.15) is 0 Å². The molecule has 1 saturated heterocycles. The summed E-state index contributed by atoms with van der Waals surface area (Å²) in [6.45, 7) is 4.26. The fraction of sp³-hybridized carbons (Fsp3) is 0.158. The molecule has 2 amide bonds. The van der Waals surface area contributed by atoms with Gasteiger partial charge in [0.05, 0.1) is 10.6 Å². The molecule has 0 atom stereocenters. The first-order valence-corrected chi connectivity index (χ1v) is 8.78. The summed E-state index contributed by atoms with van der Waals surface area (Å²) in [5, 5.41) is 0.263. The molecule has 0 N–H and O–H groups in total. The number of nitrogens with zero attached hydrogens (tertiary/aromatic N) is 1. The van der Waals surface area contributed by atoms with Crippen molar-refractivity contribution in [3.63, 3.8) is 0 Å². The normalized spacial score (nSPS) is 16.5. The van der Waals surface area contributed by atoms with E-state index in [1.807, 2.05) is 24.3 Å². The second kappa shape index (κ2) is 6.83. The third-order valence-corrected chi connectivity index (χ3v) is 4.90. The fourth-order valence-corrected chi connectivity index (χ4v) is 3.38. The number of rotatable bonds is 3. The lowest BCUT2D eigenvalue weighted by molar-refractivity contribution is -0.113. The van der Waals surface area contributed by atoms with Crippen LogP contribution in [0.25, 0.3) is 6.08 Å². The average molecular weight is 358 g/mol. The Kier molecular flexibility index (Phi) is 4.78. The lowest BCUT2D eigenvalue weighted by Gasteiger charge is -2.12. The van der Waals surface area contributed by atoms with E-state index >= 15 is 0 Å². The van der Waals surface area contributed by atoms with E-state index in [4.69, 9.17) is 11.6 Å². The molecule has 3 nitrogen and oxygen atoms in total. The van der Waals surface area contributed by atoms with Crippen LogP contribution in [0.1, 0.15) is 30.9 Å². The Morgan fingerprint density at radius 3 is 2.21 bits per heavy atom. The number of halogens is 1. The Morgan fingerprint density at radius 2 is 1.62 bits per heavy atom. The minimum atomic E-state index is -0.305. The topological polar surface area (TPSA) is 37.4 Å². The first-order valence-electron chi connectivity index (χ1n) is 7.59. The molecule has 0 aliphatic carbocycles. The van der Waals surface area contributed by atoms with Crippen LogP contribution in [0.3, 0.4) is 0 Å². The number of benzene rings is 2. The number of hydrogen-bond acceptors (Lipinski definition) is 3. The van der Waals surface area contributed by atoms with Gasteiger partial charge in [-0.05, 0) is 59.1 Å². The van der Waals surface area contributed by atoms with Gasteiger partial charge in [-0.1, -0.05) is 49.7 Å². The van der Waals surface area contributed by atoms with Gasteiger partial charge in [-0.15, -0.1) is 0 Å². The first-order chi connectivity index (χ1) is 11.5. The van der Waals surface area contributed by atoms with Crippen LogP contribution in [0.5, 0.6) is 0 Å². The van der Waals surface area contributed by atoms with Crippen LogP contribution in [0, 0.1) is 0 Å². The van der Waals surface area contributed by atoms with Gasteiger partial charge >= 0.3 is 0 Å². The van der Waals surface area contributed by atoms with E-state index in [1.165, 1.54) is 10.5 Å². The molecule has 1 heterocycles. The number of anilines is 1. The highest BCUT2D eigenvalue weighted by Crippen LogP contribution is 2.36. The standard InChI is InChI=1S/C19H16ClNO2S/c1-12(2)14-5-3-13(4-6-14)11-17-18(22)21(19(23)24-17)16-9-7-15(20)8-10-16/h3-12H,1-2H3/b17-11-. The third kappa shape index (κ3) is 3.40. The van der Waals surface area contributed by atoms with Crippen molar-refractivity contribution in [2.24, 2.45) is 0 Å². The molecular formula is C19H16ClNO2S. The SMILES string of the molecule is CC(C)c1ccc(/C=C2\SC(=O)N(c3ccc(Cl)cc3)C2=O)cc1. The van der Waals surface area contributed by atoms with Crippen molar-refractivity contribution in [2.45, 2.75) is 19.8 Å². The van der Waals surface area contributed by atoms with Gasteiger partial charge in [0, 0.05) is 5.02 Å². The van der Waals surface area contributed by atoms with Crippen LogP contribution in [0.4, 0.5) is 10.5 Å². The van der Waals surface area contributed by atoms with Crippen molar-refractivity contribution >= 4 is 46.3 Å². The van der Waals surface area contributed by atoms with Crippen molar-refractivity contribution < 1.29 is 9.59 Å². The highest BCUT2D eigenvalue weighted by atomic mass is 35.5. The molecule has 0 bridgehead atoms. The van der Waals surface area contributed by atoms with Crippen LogP contribution >= 0.6 is 23.4 Å². The smallest absolute Gasteiger partial charge is 0.268 e. The van der Waals surface area contributed by atoms with E-state index in [0.717, 1.165) is 17.3 Å². The summed E-state index contributed by atoms with van der Waals surface area (Å²) in [4.78, 5) is 26.4. The summed E-state index contributed by atoms with van der Waals surface area (Å²) in [7, 11) is 0. The summed E-state index contributed by atoms with van der Waals surface area (Å²) >= 11 is 6.81. The Labute approximate surface area is 150 Å². The quantitative estimate of drug-likeness (QED) is 0.661. The molecule has 2 aromatic rings. The van der Waals surface area contributed by atoms with E-state index in [1.54, 1.807) is 30.3 Å². The van der Waals surface area contributed by atoms with Crippen molar-refractivity contribution in [1.29, 1.82) is 0 Å². The minimum Gasteiger partial charge on any atom is -0.268 e. The van der Waals surface area contributed by atoms with Crippen molar-refractivity contribution in [3.8, 4) is 0 Å². The molecule has 1 aliphatic rings. The number of carbonyl (C=O) groups is 2. The van der Waals surface area contributed by atoms with Gasteiger partial charge in [0.1, 0.15) is 0 Å². The number of carbonyl (C=O) groups excluding carboxylic acids is 2. The summed E-state index contributed by atoms with van der Waals surface area (Å²) in [5.41, 5.74) is 2.67. The summed E-state index contributed by atoms with van der Waals surface area (Å²) in [6.07, 6.45) is 1.75. The largest absolute Gasteiger partial charge is 0.298 e. The highest BCUT2D eigenvalue weighted by molar-refractivity contribution is 8.19. The molecule has 5 heteroatoms. The Bertz CT molecular complexity index is 810. The van der Waals surface area contributed by atoms with Crippen LogP contribution in [0.15, 0.2) is 53.4 Å². The second-order valence-corrected chi connectivity index (χ2v) is 7.24. The van der Waals surface area contributed by atoms with Crippen molar-refractivity contribution in [3.05, 3.63) is 69.6 Å². The van der Waals surface area contributed by atoms with Crippen molar-refractivity contribution in [2.75, 3.05) is 4.90 Å². The Balaban J connectivity index is 1.86. The number of thioether (sulfide) groups is 1. The monoisotopic (exact) mass is 357 g/mol. The lowest BCUT2D eigenvalue weighted by Crippen LogP contribution is -2.27. The van der Waals surface area contributed by atoms with Crippen LogP contribution in [0.2, 0.25) is 5.02 Å². The fourth-order valence-electron chi connectivity index (χ4n) is 2.41. The van der Waals surface area contributed by atoms with Crippen LogP contribution in [-0.2, 0) is 4.79 Å². The number of amides is 2. The second-order valence-electron chi connectivity index (χ2n) is 5.81. The van der Waals surface area contributed by atoms with Crippen LogP contribution < -0.4 is 4.90 Å². The highest BCUT2D eigenvalue weighted by Gasteiger charge is 2.36. The van der Waals surface area contributed by atoms with Gasteiger partial charge in [-0.25, -0.2) is 4.90 Å². The van der Waals surface area contributed by atoms with Gasteiger partial charge in [-0.3, -0.25) is 9.59 Å². The van der Waals surface area contributed by atoms with E-state index in [-0.39, 0.29) is 11.1 Å². The van der Waals surface area contributed by atoms with E-state index in [0.29, 0.717) is 21.5 Å². The zero-order valence-electron chi connectivity index (χ0n) is 13.3. The molecule has 0 spiro atoms. The van der Waals surface area contributed by atoms with Gasteiger partial charge in [0.15, 0.2) is 0 Å². The van der Waals surface area contributed by atoms with Gasteiger partial charge in [0.25, 0.3) is 11.1 Å². The lowest BCUT2D eigenvalue weighted by atomic mass is 10.0. The van der Waals surface area contributed by atoms with Crippen molar-refractivity contribution in [1.82, 2.24) is 0 Å². The third-order valence-electron chi connectivity index (χ3n) is 3.78. The predicted octanol–water partition coefficient (Wildman–Crippen LogP) is 5.70. The van der Waals surface area contributed by atoms with E-state index in [2.05, 4.69) is 13.8 Å². The zero-order valence-corrected chi connectivity index (χ0v) is 14.9.